The molecule has 2 aromatic carbocycles. The van der Waals surface area contributed by atoms with E-state index in [1.54, 1.807) is 24.3 Å². The van der Waals surface area contributed by atoms with E-state index in [1.165, 1.54) is 12.1 Å². The molecule has 0 aliphatic rings. The van der Waals surface area contributed by atoms with E-state index in [1.807, 2.05) is 0 Å². The molecule has 2 N–H and O–H groups in total. The topological polar surface area (TPSA) is 57.5 Å². The molecule has 128 valence electrons. The predicted octanol–water partition coefficient (Wildman–Crippen LogP) is 5.63. The molecule has 24 heavy (non-hydrogen) atoms. The van der Waals surface area contributed by atoms with Crippen molar-refractivity contribution in [3.8, 4) is 11.5 Å². The summed E-state index contributed by atoms with van der Waals surface area (Å²) < 4.78 is 0. The summed E-state index contributed by atoms with van der Waals surface area (Å²) in [5, 5.41) is 21.7. The second-order valence-corrected chi connectivity index (χ2v) is 7.39. The zero-order valence-corrected chi connectivity index (χ0v) is 17.0. The Morgan fingerprint density at radius 2 is 1.25 bits per heavy atom. The number of benzene rings is 2. The van der Waals surface area contributed by atoms with Crippen LogP contribution in [0.1, 0.15) is 23.0 Å². The fraction of sp³-hybridized carbons (Fsp3) is 0.235. The number of rotatable bonds is 6. The van der Waals surface area contributed by atoms with Crippen LogP contribution in [-0.2, 0) is 4.79 Å². The van der Waals surface area contributed by atoms with Crippen molar-refractivity contribution in [3.05, 3.63) is 57.6 Å². The van der Waals surface area contributed by atoms with Crippen molar-refractivity contribution >= 4 is 60.8 Å². The molecule has 2 atom stereocenters. The molecule has 0 spiro atoms. The summed E-state index contributed by atoms with van der Waals surface area (Å²) in [6, 6.07) is 9.18. The van der Waals surface area contributed by atoms with Crippen LogP contribution in [-0.4, -0.2) is 26.7 Å². The highest BCUT2D eigenvalue weighted by Crippen LogP contribution is 2.38. The fourth-order valence-electron chi connectivity index (χ4n) is 2.48. The van der Waals surface area contributed by atoms with E-state index in [0.717, 1.165) is 0 Å². The first-order valence-electron chi connectivity index (χ1n) is 7.01. The van der Waals surface area contributed by atoms with Gasteiger partial charge in [-0.2, -0.15) is 0 Å². The molecule has 2 unspecified atom stereocenters. The molecule has 0 heterocycles. The summed E-state index contributed by atoms with van der Waals surface area (Å²) >= 11 is 18.7. The highest BCUT2D eigenvalue weighted by atomic mass is 79.9. The van der Waals surface area contributed by atoms with E-state index in [4.69, 9.17) is 23.2 Å². The highest BCUT2D eigenvalue weighted by molar-refractivity contribution is 9.09. The van der Waals surface area contributed by atoms with Gasteiger partial charge in [-0.3, -0.25) is 4.79 Å². The van der Waals surface area contributed by atoms with Crippen molar-refractivity contribution in [2.45, 2.75) is 11.8 Å². The number of phenols is 2. The van der Waals surface area contributed by atoms with Gasteiger partial charge in [0.1, 0.15) is 17.3 Å². The van der Waals surface area contributed by atoms with E-state index in [-0.39, 0.29) is 17.3 Å². The standard InChI is InChI=1S/C17H14Br2Cl2O3/c18-7-13(11-5-9(20)1-3-15(11)22)17(24)14(8-19)12-6-10(21)2-4-16(12)23/h1-6,13-14,22-23H,7-8H2. The van der Waals surface area contributed by atoms with Crippen LogP contribution in [0.5, 0.6) is 11.5 Å². The van der Waals surface area contributed by atoms with Gasteiger partial charge in [-0.15, -0.1) is 0 Å². The third-order valence-electron chi connectivity index (χ3n) is 3.73. The Labute approximate surface area is 166 Å². The second kappa shape index (κ2) is 8.56. The highest BCUT2D eigenvalue weighted by Gasteiger charge is 2.31. The van der Waals surface area contributed by atoms with Crippen molar-refractivity contribution in [2.24, 2.45) is 0 Å². The molecule has 0 aromatic heterocycles. The molecule has 3 nitrogen and oxygen atoms in total. The number of ketones is 1. The van der Waals surface area contributed by atoms with E-state index < -0.39 is 11.8 Å². The summed E-state index contributed by atoms with van der Waals surface area (Å²) in [6.45, 7) is 0. The van der Waals surface area contributed by atoms with E-state index in [0.29, 0.717) is 31.8 Å². The minimum absolute atomic E-state index is 0.000776. The number of alkyl halides is 2. The molecule has 0 fully saturated rings. The number of hydrogen-bond acceptors (Lipinski definition) is 3. The van der Waals surface area contributed by atoms with Gasteiger partial charge in [0.25, 0.3) is 0 Å². The lowest BCUT2D eigenvalue weighted by molar-refractivity contribution is -0.121. The number of phenolic OH excluding ortho intramolecular Hbond substituents is 2. The molecule has 0 bridgehead atoms. The Morgan fingerprint density at radius 1 is 0.875 bits per heavy atom. The SMILES string of the molecule is O=C(C(CBr)c1cc(Cl)ccc1O)C(CBr)c1cc(Cl)ccc1O. The third-order valence-corrected chi connectivity index (χ3v) is 5.49. The van der Waals surface area contributed by atoms with E-state index >= 15 is 0 Å². The van der Waals surface area contributed by atoms with Crippen molar-refractivity contribution in [1.82, 2.24) is 0 Å². The number of carbonyl (C=O) groups is 1. The zero-order valence-electron chi connectivity index (χ0n) is 12.3. The first-order chi connectivity index (χ1) is 11.4. The molecule has 2 rings (SSSR count). The lowest BCUT2D eigenvalue weighted by Crippen LogP contribution is -2.23. The summed E-state index contributed by atoms with van der Waals surface area (Å²) in [7, 11) is 0. The van der Waals surface area contributed by atoms with Gasteiger partial charge in [0, 0.05) is 31.8 Å². The number of halogens is 4. The van der Waals surface area contributed by atoms with Crippen molar-refractivity contribution in [3.63, 3.8) is 0 Å². The monoisotopic (exact) mass is 494 g/mol. The van der Waals surface area contributed by atoms with Crippen molar-refractivity contribution in [1.29, 1.82) is 0 Å². The normalized spacial score (nSPS) is 13.5. The van der Waals surface area contributed by atoms with Crippen LogP contribution in [0.3, 0.4) is 0 Å². The van der Waals surface area contributed by atoms with Gasteiger partial charge in [0.15, 0.2) is 0 Å². The molecule has 0 amide bonds. The largest absolute Gasteiger partial charge is 0.508 e. The Hall–Kier alpha value is -0.750. The van der Waals surface area contributed by atoms with E-state index in [2.05, 4.69) is 31.9 Å². The van der Waals surface area contributed by atoms with Crippen LogP contribution in [0.4, 0.5) is 0 Å². The van der Waals surface area contributed by atoms with Gasteiger partial charge in [-0.25, -0.2) is 0 Å². The Morgan fingerprint density at radius 3 is 1.58 bits per heavy atom. The average molecular weight is 497 g/mol. The Bertz CT molecular complexity index is 691. The number of carbonyl (C=O) groups excluding carboxylic acids is 1. The van der Waals surface area contributed by atoms with Crippen LogP contribution in [0.2, 0.25) is 10.0 Å². The summed E-state index contributed by atoms with van der Waals surface area (Å²) in [4.78, 5) is 13.1. The zero-order chi connectivity index (χ0) is 17.9. The molecular formula is C17H14Br2Cl2O3. The van der Waals surface area contributed by atoms with Crippen LogP contribution in [0.25, 0.3) is 0 Å². The maximum Gasteiger partial charge on any atom is 0.149 e. The van der Waals surface area contributed by atoms with Crippen LogP contribution in [0.15, 0.2) is 36.4 Å². The Kier molecular flexibility index (Phi) is 6.99. The van der Waals surface area contributed by atoms with Gasteiger partial charge < -0.3 is 10.2 Å². The van der Waals surface area contributed by atoms with Crippen molar-refractivity contribution < 1.29 is 15.0 Å². The van der Waals surface area contributed by atoms with Gasteiger partial charge in [-0.05, 0) is 36.4 Å². The molecule has 0 saturated carbocycles. The van der Waals surface area contributed by atoms with Crippen LogP contribution in [0, 0.1) is 0 Å². The van der Waals surface area contributed by atoms with Gasteiger partial charge in [0.2, 0.25) is 0 Å². The number of hydrogen-bond donors (Lipinski definition) is 2. The van der Waals surface area contributed by atoms with Crippen molar-refractivity contribution in [2.75, 3.05) is 10.7 Å². The lowest BCUT2D eigenvalue weighted by Gasteiger charge is -2.22. The third kappa shape index (κ3) is 4.26. The first kappa shape index (κ1) is 19.6. The van der Waals surface area contributed by atoms with Gasteiger partial charge in [0.05, 0.1) is 11.8 Å². The van der Waals surface area contributed by atoms with Crippen LogP contribution >= 0.6 is 55.1 Å². The minimum Gasteiger partial charge on any atom is -0.508 e. The summed E-state index contributed by atoms with van der Waals surface area (Å²) in [5.41, 5.74) is 0.883. The number of Topliss-reactive ketones (excluding diaryl/α,β-unsaturated/α-hetero) is 1. The van der Waals surface area contributed by atoms with Gasteiger partial charge in [-0.1, -0.05) is 55.1 Å². The lowest BCUT2D eigenvalue weighted by atomic mass is 9.85. The molecule has 2 aromatic rings. The quantitative estimate of drug-likeness (QED) is 0.509. The molecular weight excluding hydrogens is 483 g/mol. The molecule has 0 aliphatic carbocycles. The van der Waals surface area contributed by atoms with Crippen LogP contribution < -0.4 is 0 Å². The molecule has 0 saturated heterocycles. The Balaban J connectivity index is 2.45. The smallest absolute Gasteiger partial charge is 0.149 e. The van der Waals surface area contributed by atoms with E-state index in [9.17, 15) is 15.0 Å². The maximum atomic E-state index is 13.1. The summed E-state index contributed by atoms with van der Waals surface area (Å²) in [6.07, 6.45) is 0. The maximum absolute atomic E-state index is 13.1. The first-order valence-corrected chi connectivity index (χ1v) is 10.0. The molecule has 7 heteroatoms. The fourth-order valence-corrected chi connectivity index (χ4v) is 4.17. The second-order valence-electron chi connectivity index (χ2n) is 5.22. The predicted molar refractivity (Wildman–Crippen MR) is 104 cm³/mol. The minimum atomic E-state index is -0.621. The average Bonchev–Trinajstić information content (AvgIpc) is 2.55. The molecule has 0 aliphatic heterocycles. The molecule has 0 radical (unpaired) electrons. The van der Waals surface area contributed by atoms with Gasteiger partial charge >= 0.3 is 0 Å². The number of aromatic hydroxyl groups is 2. The summed E-state index contributed by atoms with van der Waals surface area (Å²) in [5.74, 6) is -1.41.